The third-order valence-electron chi connectivity index (χ3n) is 4.06. The summed E-state index contributed by atoms with van der Waals surface area (Å²) in [6.07, 6.45) is 5.40. The van der Waals surface area contributed by atoms with Gasteiger partial charge in [-0.2, -0.15) is 0 Å². The molecule has 2 aromatic heterocycles. The molecule has 2 N–H and O–H groups in total. The van der Waals surface area contributed by atoms with Gasteiger partial charge in [-0.25, -0.2) is 14.8 Å². The number of fused-ring (bicyclic) bond motifs is 1. The van der Waals surface area contributed by atoms with E-state index in [0.717, 1.165) is 20.9 Å². The van der Waals surface area contributed by atoms with Gasteiger partial charge in [-0.1, -0.05) is 20.8 Å². The molecule has 7 heteroatoms. The van der Waals surface area contributed by atoms with E-state index in [0.29, 0.717) is 6.54 Å². The number of nitrogens with zero attached hydrogens (tertiary/aromatic N) is 3. The Balaban J connectivity index is 1.69. The van der Waals surface area contributed by atoms with Crippen LogP contribution in [0.2, 0.25) is 0 Å². The summed E-state index contributed by atoms with van der Waals surface area (Å²) in [5.74, 6) is 0. The van der Waals surface area contributed by atoms with Crippen LogP contribution in [0.3, 0.4) is 0 Å². The average molecular weight is 357 g/mol. The Morgan fingerprint density at radius 3 is 2.84 bits per heavy atom. The molecule has 6 nitrogen and oxygen atoms in total. The van der Waals surface area contributed by atoms with Gasteiger partial charge in [0.25, 0.3) is 0 Å². The average Bonchev–Trinajstić information content (AvgIpc) is 3.13. The minimum atomic E-state index is -0.216. The zero-order valence-corrected chi connectivity index (χ0v) is 15.7. The maximum Gasteiger partial charge on any atom is 0.319 e. The molecule has 0 bridgehead atoms. The van der Waals surface area contributed by atoms with Crippen LogP contribution in [-0.2, 0) is 6.54 Å². The van der Waals surface area contributed by atoms with Crippen LogP contribution in [0.1, 0.15) is 25.8 Å². The number of anilines is 1. The van der Waals surface area contributed by atoms with Crippen molar-refractivity contribution in [2.24, 2.45) is 5.41 Å². The lowest BCUT2D eigenvalue weighted by atomic mass is 9.86. The predicted octanol–water partition coefficient (Wildman–Crippen LogP) is 4.04. The topological polar surface area (TPSA) is 71.8 Å². The molecule has 0 aliphatic rings. The van der Waals surface area contributed by atoms with E-state index in [2.05, 4.69) is 41.4 Å². The highest BCUT2D eigenvalue weighted by molar-refractivity contribution is 7.18. The zero-order chi connectivity index (χ0) is 18.0. The molecule has 132 valence electrons. The SMILES string of the molecule is Cc1nc2cc(NC(=O)N[C@H](Cn3ccnc3)C(C)(C)C)ccc2s1. The molecule has 0 spiro atoms. The molecule has 3 aromatic rings. The van der Waals surface area contributed by atoms with Crippen molar-refractivity contribution in [3.05, 3.63) is 41.9 Å². The molecule has 0 aliphatic carbocycles. The second-order valence-electron chi connectivity index (χ2n) is 7.19. The van der Waals surface area contributed by atoms with E-state index in [9.17, 15) is 4.79 Å². The molecule has 0 unspecified atom stereocenters. The minimum Gasteiger partial charge on any atom is -0.335 e. The number of rotatable bonds is 4. The van der Waals surface area contributed by atoms with E-state index in [1.54, 1.807) is 23.9 Å². The number of imidazole rings is 1. The molecule has 1 atom stereocenters. The quantitative estimate of drug-likeness (QED) is 0.740. The van der Waals surface area contributed by atoms with E-state index < -0.39 is 0 Å². The number of aryl methyl sites for hydroxylation is 1. The van der Waals surface area contributed by atoms with Gasteiger partial charge in [0.2, 0.25) is 0 Å². The fraction of sp³-hybridized carbons (Fsp3) is 0.389. The monoisotopic (exact) mass is 357 g/mol. The molecule has 1 aromatic carbocycles. The first-order valence-electron chi connectivity index (χ1n) is 8.22. The predicted molar refractivity (Wildman–Crippen MR) is 102 cm³/mol. The van der Waals surface area contributed by atoms with Crippen molar-refractivity contribution in [3.63, 3.8) is 0 Å². The number of amides is 2. The fourth-order valence-electron chi connectivity index (χ4n) is 2.59. The van der Waals surface area contributed by atoms with Crippen LogP contribution >= 0.6 is 11.3 Å². The lowest BCUT2D eigenvalue weighted by Gasteiger charge is -2.31. The maximum atomic E-state index is 12.5. The molecular weight excluding hydrogens is 334 g/mol. The van der Waals surface area contributed by atoms with Crippen LogP contribution in [0.4, 0.5) is 10.5 Å². The summed E-state index contributed by atoms with van der Waals surface area (Å²) in [6, 6.07) is 5.54. The van der Waals surface area contributed by atoms with Crippen molar-refractivity contribution in [2.45, 2.75) is 40.3 Å². The Morgan fingerprint density at radius 1 is 1.36 bits per heavy atom. The van der Waals surface area contributed by atoms with Crippen LogP contribution in [0.25, 0.3) is 10.2 Å². The zero-order valence-electron chi connectivity index (χ0n) is 14.9. The first kappa shape index (κ1) is 17.4. The molecule has 0 aliphatic heterocycles. The summed E-state index contributed by atoms with van der Waals surface area (Å²) >= 11 is 1.65. The number of benzene rings is 1. The third kappa shape index (κ3) is 4.36. The molecule has 0 saturated carbocycles. The van der Waals surface area contributed by atoms with Crippen LogP contribution in [0, 0.1) is 12.3 Å². The molecular formula is C18H23N5OS. The first-order chi connectivity index (χ1) is 11.8. The Bertz CT molecular complexity index is 863. The lowest BCUT2D eigenvalue weighted by molar-refractivity contribution is 0.219. The van der Waals surface area contributed by atoms with Crippen LogP contribution in [0.15, 0.2) is 36.9 Å². The standard InChI is InChI=1S/C18H23N5OS/c1-12-20-14-9-13(5-6-15(14)25-12)21-17(24)22-16(18(2,3)4)10-23-8-7-19-11-23/h5-9,11,16H,10H2,1-4H3,(H2,21,22,24)/t16-/m1/s1. The van der Waals surface area contributed by atoms with Crippen molar-refractivity contribution in [1.29, 1.82) is 0 Å². The highest BCUT2D eigenvalue weighted by Crippen LogP contribution is 2.25. The largest absolute Gasteiger partial charge is 0.335 e. The summed E-state index contributed by atoms with van der Waals surface area (Å²) in [7, 11) is 0. The van der Waals surface area contributed by atoms with Crippen molar-refractivity contribution in [2.75, 3.05) is 5.32 Å². The van der Waals surface area contributed by atoms with Crippen LogP contribution < -0.4 is 10.6 Å². The maximum absolute atomic E-state index is 12.5. The number of thiazole rings is 1. The number of urea groups is 1. The highest BCUT2D eigenvalue weighted by Gasteiger charge is 2.26. The molecule has 2 amide bonds. The normalized spacial score (nSPS) is 13.0. The number of carbonyl (C=O) groups excluding carboxylic acids is 1. The lowest BCUT2D eigenvalue weighted by Crippen LogP contribution is -2.47. The van der Waals surface area contributed by atoms with E-state index in [-0.39, 0.29) is 17.5 Å². The van der Waals surface area contributed by atoms with Gasteiger partial charge < -0.3 is 15.2 Å². The van der Waals surface area contributed by atoms with Crippen molar-refractivity contribution in [3.8, 4) is 0 Å². The summed E-state index contributed by atoms with van der Waals surface area (Å²) in [4.78, 5) is 21.0. The van der Waals surface area contributed by atoms with E-state index in [1.165, 1.54) is 0 Å². The number of carbonyl (C=O) groups is 1. The van der Waals surface area contributed by atoms with Crippen LogP contribution in [-0.4, -0.2) is 26.6 Å². The van der Waals surface area contributed by atoms with Crippen molar-refractivity contribution in [1.82, 2.24) is 19.9 Å². The summed E-state index contributed by atoms with van der Waals surface area (Å²) in [5.41, 5.74) is 1.56. The third-order valence-corrected chi connectivity index (χ3v) is 5.01. The molecule has 0 fully saturated rings. The number of aromatic nitrogens is 3. The van der Waals surface area contributed by atoms with Gasteiger partial charge in [-0.3, -0.25) is 0 Å². The second-order valence-corrected chi connectivity index (χ2v) is 8.43. The number of hydrogen-bond donors (Lipinski definition) is 2. The molecule has 0 saturated heterocycles. The van der Waals surface area contributed by atoms with Crippen LogP contribution in [0.5, 0.6) is 0 Å². The van der Waals surface area contributed by atoms with E-state index in [4.69, 9.17) is 0 Å². The summed E-state index contributed by atoms with van der Waals surface area (Å²) in [5, 5.41) is 7.01. The van der Waals surface area contributed by atoms with Gasteiger partial charge in [0.15, 0.2) is 0 Å². The molecule has 2 heterocycles. The Kier molecular flexibility index (Phi) is 4.76. The second kappa shape index (κ2) is 6.84. The van der Waals surface area contributed by atoms with Crippen molar-refractivity contribution < 1.29 is 4.79 Å². The molecule has 0 radical (unpaired) electrons. The Morgan fingerprint density at radius 2 is 2.16 bits per heavy atom. The van der Waals surface area contributed by atoms with Gasteiger partial charge in [-0.05, 0) is 30.5 Å². The Hall–Kier alpha value is -2.41. The van der Waals surface area contributed by atoms with Gasteiger partial charge in [0, 0.05) is 24.6 Å². The van der Waals surface area contributed by atoms with Gasteiger partial charge in [-0.15, -0.1) is 11.3 Å². The number of hydrogen-bond acceptors (Lipinski definition) is 4. The van der Waals surface area contributed by atoms with Gasteiger partial charge in [0.05, 0.1) is 27.6 Å². The fourth-order valence-corrected chi connectivity index (χ4v) is 3.39. The smallest absolute Gasteiger partial charge is 0.319 e. The summed E-state index contributed by atoms with van der Waals surface area (Å²) < 4.78 is 3.09. The van der Waals surface area contributed by atoms with E-state index >= 15 is 0 Å². The highest BCUT2D eigenvalue weighted by atomic mass is 32.1. The van der Waals surface area contributed by atoms with E-state index in [1.807, 2.05) is 35.9 Å². The Labute approximate surface area is 151 Å². The van der Waals surface area contributed by atoms with Gasteiger partial charge in [0.1, 0.15) is 0 Å². The van der Waals surface area contributed by atoms with Crippen molar-refractivity contribution >= 4 is 33.3 Å². The molecule has 3 rings (SSSR count). The minimum absolute atomic E-state index is 0.0352. The first-order valence-corrected chi connectivity index (χ1v) is 9.03. The summed E-state index contributed by atoms with van der Waals surface area (Å²) in [6.45, 7) is 8.98. The van der Waals surface area contributed by atoms with Gasteiger partial charge >= 0.3 is 6.03 Å². The number of nitrogens with one attached hydrogen (secondary N) is 2. The molecule has 25 heavy (non-hydrogen) atoms.